The Labute approximate surface area is 84.2 Å². The fraction of sp³-hybridized carbons (Fsp3) is 0.250. The highest BCUT2D eigenvalue weighted by molar-refractivity contribution is 5.54. The van der Waals surface area contributed by atoms with E-state index in [9.17, 15) is 4.79 Å². The van der Waals surface area contributed by atoms with E-state index in [1.165, 1.54) is 17.6 Å². The predicted molar refractivity (Wildman–Crippen MR) is 56.6 cm³/mol. The molecule has 0 saturated heterocycles. The molecule has 0 aliphatic carbocycles. The van der Waals surface area contributed by atoms with Crippen LogP contribution in [0.15, 0.2) is 24.3 Å². The first-order valence-electron chi connectivity index (χ1n) is 4.47. The molecule has 0 aromatic heterocycles. The summed E-state index contributed by atoms with van der Waals surface area (Å²) in [4.78, 5) is 9.75. The smallest absolute Gasteiger partial charge is 0.417 e. The van der Waals surface area contributed by atoms with Crippen LogP contribution in [-0.2, 0) is 9.53 Å². The number of carbonyl (C=O) groups excluding carboxylic acids is 1. The Kier molecular flexibility index (Phi) is 3.92. The van der Waals surface area contributed by atoms with E-state index >= 15 is 0 Å². The molecule has 0 heterocycles. The van der Waals surface area contributed by atoms with Crippen LogP contribution in [0.1, 0.15) is 16.7 Å². The van der Waals surface area contributed by atoms with Gasteiger partial charge in [-0.1, -0.05) is 29.8 Å². The largest absolute Gasteiger partial charge is 0.453 e. The van der Waals surface area contributed by atoms with Crippen LogP contribution in [0.3, 0.4) is 0 Å². The molecular formula is C12H13O2. The maximum absolute atomic E-state index is 9.75. The molecule has 14 heavy (non-hydrogen) atoms. The van der Waals surface area contributed by atoms with E-state index in [4.69, 9.17) is 0 Å². The molecular weight excluding hydrogens is 176 g/mol. The minimum Gasteiger partial charge on any atom is -0.453 e. The van der Waals surface area contributed by atoms with Crippen molar-refractivity contribution in [2.75, 3.05) is 6.61 Å². The molecule has 1 aromatic carbocycles. The summed E-state index contributed by atoms with van der Waals surface area (Å²) in [6, 6.07) is 6.22. The molecule has 2 heteroatoms. The number of hydrogen-bond donors (Lipinski definition) is 0. The maximum atomic E-state index is 9.75. The van der Waals surface area contributed by atoms with Crippen molar-refractivity contribution in [2.24, 2.45) is 0 Å². The van der Waals surface area contributed by atoms with E-state index in [0.717, 1.165) is 5.56 Å². The summed E-state index contributed by atoms with van der Waals surface area (Å²) in [6.45, 7) is 5.77. The van der Waals surface area contributed by atoms with Crippen molar-refractivity contribution in [1.29, 1.82) is 0 Å². The minimum absolute atomic E-state index is 0.275. The number of rotatable bonds is 4. The fourth-order valence-corrected chi connectivity index (χ4v) is 1.27. The summed E-state index contributed by atoms with van der Waals surface area (Å²) in [5.74, 6) is 0. The first kappa shape index (κ1) is 10.5. The second-order valence-corrected chi connectivity index (χ2v) is 3.16. The number of hydrogen-bond acceptors (Lipinski definition) is 2. The maximum Gasteiger partial charge on any atom is 0.417 e. The van der Waals surface area contributed by atoms with Crippen molar-refractivity contribution in [1.82, 2.24) is 0 Å². The molecule has 0 amide bonds. The second kappa shape index (κ2) is 5.22. The summed E-state index contributed by atoms with van der Waals surface area (Å²) < 4.78 is 4.43. The first-order chi connectivity index (χ1) is 6.74. The van der Waals surface area contributed by atoms with Gasteiger partial charge in [-0.2, -0.15) is 0 Å². The van der Waals surface area contributed by atoms with Crippen molar-refractivity contribution in [2.45, 2.75) is 13.8 Å². The highest BCUT2D eigenvalue weighted by Crippen LogP contribution is 2.11. The Morgan fingerprint density at radius 3 is 2.86 bits per heavy atom. The Morgan fingerprint density at radius 2 is 2.21 bits per heavy atom. The molecule has 1 rings (SSSR count). The molecule has 0 spiro atoms. The average Bonchev–Trinajstić information content (AvgIpc) is 2.15. The molecule has 0 N–H and O–H groups in total. The zero-order chi connectivity index (χ0) is 10.4. The number of aryl methyl sites for hydroxylation is 2. The molecule has 0 fully saturated rings. The minimum atomic E-state index is 0.275. The number of benzene rings is 1. The quantitative estimate of drug-likeness (QED) is 0.680. The van der Waals surface area contributed by atoms with Crippen LogP contribution >= 0.6 is 0 Å². The molecule has 1 aromatic rings. The zero-order valence-electron chi connectivity index (χ0n) is 8.41. The highest BCUT2D eigenvalue weighted by atomic mass is 16.5. The Balaban J connectivity index is 2.67. The van der Waals surface area contributed by atoms with Gasteiger partial charge in [0.2, 0.25) is 0 Å². The number of ether oxygens (including phenoxy) is 1. The predicted octanol–water partition coefficient (Wildman–Crippen LogP) is 2.40. The lowest BCUT2D eigenvalue weighted by Crippen LogP contribution is -1.86. The van der Waals surface area contributed by atoms with Crippen molar-refractivity contribution in [3.8, 4) is 0 Å². The lowest BCUT2D eigenvalue weighted by molar-refractivity contribution is 0.314. The Bertz CT molecular complexity index is 340. The molecule has 0 atom stereocenters. The summed E-state index contributed by atoms with van der Waals surface area (Å²) in [5.41, 5.74) is 3.61. The molecule has 2 nitrogen and oxygen atoms in total. The Hall–Kier alpha value is -1.57. The van der Waals surface area contributed by atoms with Gasteiger partial charge in [-0.3, -0.25) is 0 Å². The van der Waals surface area contributed by atoms with Crippen LogP contribution in [0.2, 0.25) is 0 Å². The molecule has 0 unspecified atom stereocenters. The van der Waals surface area contributed by atoms with Crippen LogP contribution in [0.25, 0.3) is 6.08 Å². The van der Waals surface area contributed by atoms with Crippen molar-refractivity contribution < 1.29 is 9.53 Å². The average molecular weight is 189 g/mol. The van der Waals surface area contributed by atoms with E-state index in [0.29, 0.717) is 0 Å². The van der Waals surface area contributed by atoms with Crippen LogP contribution in [-0.4, -0.2) is 13.1 Å². The van der Waals surface area contributed by atoms with Gasteiger partial charge in [0.05, 0.1) is 0 Å². The van der Waals surface area contributed by atoms with E-state index in [-0.39, 0.29) is 6.61 Å². The third kappa shape index (κ3) is 3.05. The van der Waals surface area contributed by atoms with E-state index < -0.39 is 0 Å². The van der Waals surface area contributed by atoms with E-state index in [1.807, 2.05) is 12.1 Å². The van der Waals surface area contributed by atoms with Gasteiger partial charge in [-0.15, -0.1) is 0 Å². The van der Waals surface area contributed by atoms with Crippen LogP contribution in [0, 0.1) is 13.8 Å². The third-order valence-electron chi connectivity index (χ3n) is 1.96. The molecule has 0 bridgehead atoms. The van der Waals surface area contributed by atoms with Crippen molar-refractivity contribution in [3.05, 3.63) is 41.0 Å². The lowest BCUT2D eigenvalue weighted by Gasteiger charge is -2.01. The summed E-state index contributed by atoms with van der Waals surface area (Å²) >= 11 is 0. The van der Waals surface area contributed by atoms with Gasteiger partial charge in [0.1, 0.15) is 6.61 Å². The van der Waals surface area contributed by atoms with Crippen LogP contribution < -0.4 is 0 Å². The van der Waals surface area contributed by atoms with Gasteiger partial charge in [-0.05, 0) is 31.1 Å². The molecule has 73 valence electrons. The van der Waals surface area contributed by atoms with E-state index in [2.05, 4.69) is 30.7 Å². The van der Waals surface area contributed by atoms with Gasteiger partial charge in [0, 0.05) is 0 Å². The van der Waals surface area contributed by atoms with Crippen molar-refractivity contribution in [3.63, 3.8) is 0 Å². The zero-order valence-corrected chi connectivity index (χ0v) is 8.41. The fourth-order valence-electron chi connectivity index (χ4n) is 1.27. The third-order valence-corrected chi connectivity index (χ3v) is 1.96. The molecule has 0 aliphatic rings. The normalized spacial score (nSPS) is 10.4. The first-order valence-corrected chi connectivity index (χ1v) is 4.47. The lowest BCUT2D eigenvalue weighted by atomic mass is 10.1. The SMILES string of the molecule is Cc1ccc(/C=C/CO[C]=O)c(C)c1. The second-order valence-electron chi connectivity index (χ2n) is 3.16. The van der Waals surface area contributed by atoms with Gasteiger partial charge >= 0.3 is 6.47 Å². The summed E-state index contributed by atoms with van der Waals surface area (Å²) in [5, 5.41) is 0. The molecule has 1 radical (unpaired) electrons. The topological polar surface area (TPSA) is 26.3 Å². The Morgan fingerprint density at radius 1 is 1.43 bits per heavy atom. The van der Waals surface area contributed by atoms with Crippen LogP contribution in [0.5, 0.6) is 0 Å². The molecule has 0 aliphatic heterocycles. The van der Waals surface area contributed by atoms with Crippen molar-refractivity contribution >= 4 is 12.5 Å². The van der Waals surface area contributed by atoms with Gasteiger partial charge < -0.3 is 4.74 Å². The molecule has 0 saturated carbocycles. The van der Waals surface area contributed by atoms with Gasteiger partial charge in [0.25, 0.3) is 0 Å². The summed E-state index contributed by atoms with van der Waals surface area (Å²) in [7, 11) is 0. The highest BCUT2D eigenvalue weighted by Gasteiger charge is 1.93. The van der Waals surface area contributed by atoms with E-state index in [1.54, 1.807) is 6.08 Å². The van der Waals surface area contributed by atoms with Gasteiger partial charge in [-0.25, -0.2) is 4.79 Å². The standard InChI is InChI=1S/C12H13O2/c1-10-5-6-12(11(2)8-10)4-3-7-14-9-13/h3-6,8H,7H2,1-2H3/b4-3+. The van der Waals surface area contributed by atoms with Crippen LogP contribution in [0.4, 0.5) is 0 Å². The van der Waals surface area contributed by atoms with Gasteiger partial charge in [0.15, 0.2) is 0 Å². The summed E-state index contributed by atoms with van der Waals surface area (Å²) in [6.07, 6.45) is 3.73. The monoisotopic (exact) mass is 189 g/mol.